The van der Waals surface area contributed by atoms with Gasteiger partial charge in [-0.2, -0.15) is 5.10 Å². The van der Waals surface area contributed by atoms with Crippen LogP contribution in [0.2, 0.25) is 0 Å². The molecule has 0 atom stereocenters. The Kier molecular flexibility index (Phi) is 7.09. The highest BCUT2D eigenvalue weighted by Crippen LogP contribution is 2.22. The van der Waals surface area contributed by atoms with Crippen molar-refractivity contribution in [2.75, 3.05) is 29.4 Å². The van der Waals surface area contributed by atoms with E-state index in [0.717, 1.165) is 15.8 Å². The van der Waals surface area contributed by atoms with Crippen LogP contribution in [0.15, 0.2) is 63.3 Å². The van der Waals surface area contributed by atoms with E-state index in [4.69, 9.17) is 10.6 Å². The minimum atomic E-state index is -0.183. The van der Waals surface area contributed by atoms with Crippen molar-refractivity contribution in [3.8, 4) is 5.75 Å². The lowest BCUT2D eigenvalue weighted by molar-refractivity contribution is -0.113. The van der Waals surface area contributed by atoms with E-state index in [1.165, 1.54) is 16.4 Å². The van der Waals surface area contributed by atoms with Crippen molar-refractivity contribution in [2.24, 2.45) is 5.10 Å². The van der Waals surface area contributed by atoms with Gasteiger partial charge in [-0.15, -0.1) is 10.2 Å². The summed E-state index contributed by atoms with van der Waals surface area (Å²) < 4.78 is 7.15. The van der Waals surface area contributed by atoms with Gasteiger partial charge in [0.15, 0.2) is 0 Å². The molecular weight excluding hydrogens is 458 g/mol. The number of hydrogen-bond donors (Lipinski definition) is 3. The van der Waals surface area contributed by atoms with Crippen LogP contribution < -0.4 is 21.3 Å². The van der Waals surface area contributed by atoms with Gasteiger partial charge in [0, 0.05) is 4.47 Å². The number of amides is 1. The van der Waals surface area contributed by atoms with Crippen molar-refractivity contribution < 1.29 is 9.53 Å². The van der Waals surface area contributed by atoms with Gasteiger partial charge >= 0.3 is 0 Å². The molecule has 1 amide bonds. The lowest BCUT2D eigenvalue weighted by Gasteiger charge is -2.06. The summed E-state index contributed by atoms with van der Waals surface area (Å²) in [6.07, 6.45) is 1.62. The van der Waals surface area contributed by atoms with E-state index in [0.29, 0.717) is 10.8 Å². The number of hydrogen-bond acceptors (Lipinski definition) is 8. The van der Waals surface area contributed by atoms with E-state index in [2.05, 4.69) is 42.0 Å². The maximum atomic E-state index is 12.1. The van der Waals surface area contributed by atoms with Gasteiger partial charge in [-0.1, -0.05) is 23.9 Å². The van der Waals surface area contributed by atoms with Gasteiger partial charge in [0.25, 0.3) is 5.95 Å². The topological polar surface area (TPSA) is 119 Å². The molecule has 3 rings (SSSR count). The monoisotopic (exact) mass is 475 g/mol. The number of para-hydroxylation sites is 1. The molecule has 0 saturated carbocycles. The third-order valence-electron chi connectivity index (χ3n) is 3.64. The lowest BCUT2D eigenvalue weighted by Crippen LogP contribution is -2.17. The van der Waals surface area contributed by atoms with Crippen molar-refractivity contribution >= 4 is 51.4 Å². The van der Waals surface area contributed by atoms with Crippen LogP contribution in [0.25, 0.3) is 0 Å². The summed E-state index contributed by atoms with van der Waals surface area (Å²) in [6, 6.07) is 14.8. The van der Waals surface area contributed by atoms with E-state index in [1.807, 2.05) is 42.5 Å². The van der Waals surface area contributed by atoms with Crippen LogP contribution in [-0.2, 0) is 4.79 Å². The molecule has 0 saturated heterocycles. The molecule has 11 heteroatoms. The van der Waals surface area contributed by atoms with Crippen LogP contribution in [-0.4, -0.2) is 39.9 Å². The molecule has 0 aliphatic carbocycles. The fourth-order valence-corrected chi connectivity index (χ4v) is 3.23. The first-order valence-corrected chi connectivity index (χ1v) is 10.2. The number of halogens is 1. The molecule has 0 radical (unpaired) electrons. The van der Waals surface area contributed by atoms with Crippen molar-refractivity contribution in [3.05, 3.63) is 58.6 Å². The summed E-state index contributed by atoms with van der Waals surface area (Å²) in [4.78, 5) is 12.1. The summed E-state index contributed by atoms with van der Waals surface area (Å²) in [5.41, 5.74) is 4.30. The number of aromatic nitrogens is 3. The van der Waals surface area contributed by atoms with Crippen molar-refractivity contribution in [2.45, 2.75) is 5.16 Å². The fraction of sp³-hybridized carbons (Fsp3) is 0.111. The number of anilines is 2. The van der Waals surface area contributed by atoms with Crippen LogP contribution in [0.4, 0.5) is 11.6 Å². The predicted molar refractivity (Wildman–Crippen MR) is 118 cm³/mol. The van der Waals surface area contributed by atoms with E-state index in [1.54, 1.807) is 19.4 Å². The maximum Gasteiger partial charge on any atom is 0.264 e. The number of nitrogens with two attached hydrogens (primary N) is 1. The third-order valence-corrected chi connectivity index (χ3v) is 5.27. The number of carbonyl (C=O) groups is 1. The molecular formula is C18H18BrN7O2S. The number of hydrazone groups is 1. The molecule has 0 bridgehead atoms. The maximum absolute atomic E-state index is 12.1. The van der Waals surface area contributed by atoms with Crippen molar-refractivity contribution in [3.63, 3.8) is 0 Å². The second-order valence-electron chi connectivity index (χ2n) is 5.64. The van der Waals surface area contributed by atoms with Gasteiger partial charge in [0.05, 0.1) is 24.8 Å². The Morgan fingerprint density at radius 2 is 2.03 bits per heavy atom. The highest BCUT2D eigenvalue weighted by Gasteiger charge is 2.12. The first kappa shape index (κ1) is 20.7. The number of rotatable bonds is 8. The molecule has 29 heavy (non-hydrogen) atoms. The molecule has 2 aromatic carbocycles. The summed E-state index contributed by atoms with van der Waals surface area (Å²) >= 11 is 4.55. The lowest BCUT2D eigenvalue weighted by atomic mass is 10.2. The molecule has 1 aromatic heterocycles. The normalized spacial score (nSPS) is 10.8. The highest BCUT2D eigenvalue weighted by atomic mass is 79.9. The molecule has 1 heterocycles. The van der Waals surface area contributed by atoms with E-state index >= 15 is 0 Å². The van der Waals surface area contributed by atoms with Crippen molar-refractivity contribution in [1.82, 2.24) is 14.9 Å². The summed E-state index contributed by atoms with van der Waals surface area (Å²) in [5, 5.41) is 15.2. The second-order valence-corrected chi connectivity index (χ2v) is 7.43. The second kappa shape index (κ2) is 9.94. The Morgan fingerprint density at radius 3 is 2.76 bits per heavy atom. The molecule has 0 unspecified atom stereocenters. The Balaban J connectivity index is 1.52. The van der Waals surface area contributed by atoms with Crippen LogP contribution in [0.5, 0.6) is 5.75 Å². The molecule has 0 aliphatic rings. The zero-order valence-electron chi connectivity index (χ0n) is 15.4. The quantitative estimate of drug-likeness (QED) is 0.198. The fourth-order valence-electron chi connectivity index (χ4n) is 2.19. The van der Waals surface area contributed by atoms with Gasteiger partial charge in [-0.25, -0.2) is 10.1 Å². The minimum Gasteiger partial charge on any atom is -0.497 e. The van der Waals surface area contributed by atoms with E-state index in [9.17, 15) is 4.79 Å². The number of nitrogen functional groups attached to an aromatic ring is 1. The van der Waals surface area contributed by atoms with Gasteiger partial charge in [0.1, 0.15) is 5.75 Å². The van der Waals surface area contributed by atoms with Crippen LogP contribution in [0.1, 0.15) is 5.56 Å². The molecule has 0 spiro atoms. The molecule has 0 aliphatic heterocycles. The van der Waals surface area contributed by atoms with Gasteiger partial charge in [-0.3, -0.25) is 4.79 Å². The highest BCUT2D eigenvalue weighted by molar-refractivity contribution is 9.10. The van der Waals surface area contributed by atoms with Crippen LogP contribution in [0, 0.1) is 0 Å². The van der Waals surface area contributed by atoms with Gasteiger partial charge in [-0.05, 0) is 57.9 Å². The largest absolute Gasteiger partial charge is 0.497 e. The number of benzene rings is 2. The zero-order chi connectivity index (χ0) is 20.6. The van der Waals surface area contributed by atoms with Crippen LogP contribution >= 0.6 is 27.7 Å². The Hall–Kier alpha value is -3.05. The first-order valence-electron chi connectivity index (χ1n) is 8.37. The Labute approximate surface area is 179 Å². The molecule has 3 aromatic rings. The number of methoxy groups -OCH3 is 1. The number of thioether (sulfide) groups is 1. The SMILES string of the molecule is COc1ccc(/C=N/Nc2nnc(SCC(=O)Nc3ccccc3Br)n2N)cc1. The number of ether oxygens (including phenoxy) is 1. The minimum absolute atomic E-state index is 0.131. The summed E-state index contributed by atoms with van der Waals surface area (Å²) in [6.45, 7) is 0. The molecule has 9 nitrogen and oxygen atoms in total. The number of nitrogens with zero attached hydrogens (tertiary/aromatic N) is 4. The molecule has 150 valence electrons. The smallest absolute Gasteiger partial charge is 0.264 e. The number of nitrogens with one attached hydrogen (secondary N) is 2. The number of carbonyl (C=O) groups excluding carboxylic acids is 1. The summed E-state index contributed by atoms with van der Waals surface area (Å²) in [7, 11) is 1.61. The predicted octanol–water partition coefficient (Wildman–Crippen LogP) is 2.94. The van der Waals surface area contributed by atoms with E-state index < -0.39 is 0 Å². The first-order chi connectivity index (χ1) is 14.1. The summed E-state index contributed by atoms with van der Waals surface area (Å²) in [5.74, 6) is 6.93. The average Bonchev–Trinajstić information content (AvgIpc) is 3.08. The van der Waals surface area contributed by atoms with Gasteiger partial charge in [0.2, 0.25) is 11.1 Å². The standard InChI is InChI=1S/C18H18BrN7O2S/c1-28-13-8-6-12(7-9-13)10-21-23-17-24-25-18(26(17)20)29-11-16(27)22-15-5-3-2-4-14(15)19/h2-10H,11,20H2,1H3,(H,22,27)(H,23,24)/b21-10+. The van der Waals surface area contributed by atoms with Crippen molar-refractivity contribution in [1.29, 1.82) is 0 Å². The third kappa shape index (κ3) is 5.72. The van der Waals surface area contributed by atoms with E-state index in [-0.39, 0.29) is 17.6 Å². The Morgan fingerprint density at radius 1 is 1.28 bits per heavy atom. The molecule has 4 N–H and O–H groups in total. The van der Waals surface area contributed by atoms with Gasteiger partial charge < -0.3 is 15.9 Å². The average molecular weight is 476 g/mol. The Bertz CT molecular complexity index is 1010. The zero-order valence-corrected chi connectivity index (χ0v) is 17.8. The van der Waals surface area contributed by atoms with Crippen LogP contribution in [0.3, 0.4) is 0 Å². The molecule has 0 fully saturated rings.